The van der Waals surface area contributed by atoms with E-state index in [0.29, 0.717) is 23.6 Å². The standard InChI is InChI=1S/C19H21N5O3S/c1-2-7-20-18(26)9-24-19(13-10-28-11-15(13)22-24)21-17(25)8-14-12-5-3-4-6-16(12)27-23-14/h3-6H,2,7-11H2,1H3,(H,20,26)(H,21,25). The van der Waals surface area contributed by atoms with Gasteiger partial charge in [-0.1, -0.05) is 24.2 Å². The second-order valence-corrected chi connectivity index (χ2v) is 7.61. The highest BCUT2D eigenvalue weighted by Crippen LogP contribution is 2.34. The van der Waals surface area contributed by atoms with E-state index in [1.165, 1.54) is 0 Å². The zero-order valence-corrected chi connectivity index (χ0v) is 16.3. The van der Waals surface area contributed by atoms with E-state index in [4.69, 9.17) is 4.52 Å². The van der Waals surface area contributed by atoms with E-state index in [9.17, 15) is 9.59 Å². The number of hydrogen-bond donors (Lipinski definition) is 2. The molecule has 2 N–H and O–H groups in total. The van der Waals surface area contributed by atoms with Crippen molar-refractivity contribution in [1.29, 1.82) is 0 Å². The lowest BCUT2D eigenvalue weighted by Crippen LogP contribution is -2.29. The summed E-state index contributed by atoms with van der Waals surface area (Å²) < 4.78 is 6.86. The van der Waals surface area contributed by atoms with Gasteiger partial charge in [-0.2, -0.15) is 16.9 Å². The maximum absolute atomic E-state index is 12.7. The second kappa shape index (κ2) is 8.05. The number of para-hydroxylation sites is 1. The number of rotatable bonds is 7. The Morgan fingerprint density at radius 1 is 1.25 bits per heavy atom. The van der Waals surface area contributed by atoms with Crippen molar-refractivity contribution in [2.75, 3.05) is 11.9 Å². The molecule has 0 saturated carbocycles. The smallest absolute Gasteiger partial charge is 0.241 e. The molecular formula is C19H21N5O3S. The molecule has 4 rings (SSSR count). The second-order valence-electron chi connectivity index (χ2n) is 6.62. The molecular weight excluding hydrogens is 378 g/mol. The molecule has 28 heavy (non-hydrogen) atoms. The number of benzene rings is 1. The minimum absolute atomic E-state index is 0.0835. The first kappa shape index (κ1) is 18.5. The van der Waals surface area contributed by atoms with Gasteiger partial charge in [0.15, 0.2) is 5.58 Å². The zero-order valence-electron chi connectivity index (χ0n) is 15.5. The van der Waals surface area contributed by atoms with Crippen molar-refractivity contribution in [3.05, 3.63) is 41.2 Å². The number of thioether (sulfide) groups is 1. The van der Waals surface area contributed by atoms with Crippen LogP contribution in [0.25, 0.3) is 11.0 Å². The molecule has 1 aliphatic rings. The third-order valence-corrected chi connectivity index (χ3v) is 5.49. The molecule has 0 atom stereocenters. The third-order valence-electron chi connectivity index (χ3n) is 4.52. The minimum atomic E-state index is -0.214. The first-order valence-corrected chi connectivity index (χ1v) is 10.4. The Hall–Kier alpha value is -2.81. The Balaban J connectivity index is 1.51. The number of nitrogens with zero attached hydrogens (tertiary/aromatic N) is 3. The van der Waals surface area contributed by atoms with Crippen LogP contribution < -0.4 is 10.6 Å². The first-order valence-electron chi connectivity index (χ1n) is 9.22. The fourth-order valence-corrected chi connectivity index (χ4v) is 4.21. The molecule has 0 fully saturated rings. The van der Waals surface area contributed by atoms with Crippen LogP contribution in [0.3, 0.4) is 0 Å². The number of amides is 2. The molecule has 3 aromatic rings. The Bertz CT molecular complexity index is 1030. The highest BCUT2D eigenvalue weighted by Gasteiger charge is 2.25. The number of nitrogens with one attached hydrogen (secondary N) is 2. The first-order chi connectivity index (χ1) is 13.7. The van der Waals surface area contributed by atoms with Crippen molar-refractivity contribution < 1.29 is 14.1 Å². The van der Waals surface area contributed by atoms with Crippen LogP contribution in [0.5, 0.6) is 0 Å². The summed E-state index contributed by atoms with van der Waals surface area (Å²) >= 11 is 1.74. The average molecular weight is 399 g/mol. The van der Waals surface area contributed by atoms with Crippen molar-refractivity contribution in [2.24, 2.45) is 0 Å². The topological polar surface area (TPSA) is 102 Å². The van der Waals surface area contributed by atoms with Gasteiger partial charge in [0.05, 0.1) is 12.1 Å². The Morgan fingerprint density at radius 3 is 2.96 bits per heavy atom. The predicted octanol–water partition coefficient (Wildman–Crippen LogP) is 2.48. The van der Waals surface area contributed by atoms with Gasteiger partial charge in [-0.25, -0.2) is 4.68 Å². The number of carbonyl (C=O) groups is 2. The summed E-state index contributed by atoms with van der Waals surface area (Å²) in [6.45, 7) is 2.70. The van der Waals surface area contributed by atoms with Crippen LogP contribution in [0.1, 0.15) is 30.3 Å². The molecule has 8 nitrogen and oxygen atoms in total. The van der Waals surface area contributed by atoms with Crippen LogP contribution in [0.2, 0.25) is 0 Å². The lowest BCUT2D eigenvalue weighted by atomic mass is 10.1. The summed E-state index contributed by atoms with van der Waals surface area (Å²) in [6.07, 6.45) is 0.958. The van der Waals surface area contributed by atoms with E-state index in [0.717, 1.165) is 34.6 Å². The van der Waals surface area contributed by atoms with Gasteiger partial charge in [-0.05, 0) is 18.6 Å². The molecule has 0 bridgehead atoms. The van der Waals surface area contributed by atoms with E-state index >= 15 is 0 Å². The van der Waals surface area contributed by atoms with Crippen molar-refractivity contribution in [2.45, 2.75) is 37.8 Å². The number of hydrogen-bond acceptors (Lipinski definition) is 6. The number of aromatic nitrogens is 3. The predicted molar refractivity (Wildman–Crippen MR) is 107 cm³/mol. The largest absolute Gasteiger partial charge is 0.356 e. The maximum Gasteiger partial charge on any atom is 0.241 e. The number of anilines is 1. The third kappa shape index (κ3) is 3.75. The van der Waals surface area contributed by atoms with Gasteiger partial charge < -0.3 is 15.2 Å². The maximum atomic E-state index is 12.7. The van der Waals surface area contributed by atoms with Crippen LogP contribution in [0.15, 0.2) is 28.8 Å². The summed E-state index contributed by atoms with van der Waals surface area (Å²) in [5, 5.41) is 15.1. The van der Waals surface area contributed by atoms with E-state index in [1.54, 1.807) is 16.4 Å². The summed E-state index contributed by atoms with van der Waals surface area (Å²) in [5.74, 6) is 1.83. The fraction of sp³-hybridized carbons (Fsp3) is 0.368. The molecule has 0 aliphatic carbocycles. The summed E-state index contributed by atoms with van der Waals surface area (Å²) in [7, 11) is 0. The van der Waals surface area contributed by atoms with Gasteiger partial charge in [-0.15, -0.1) is 0 Å². The molecule has 1 aliphatic heterocycles. The van der Waals surface area contributed by atoms with Gasteiger partial charge in [-0.3, -0.25) is 9.59 Å². The Kier molecular flexibility index (Phi) is 5.34. The fourth-order valence-electron chi connectivity index (χ4n) is 3.17. The molecule has 0 saturated heterocycles. The van der Waals surface area contributed by atoms with E-state index in [1.807, 2.05) is 31.2 Å². The molecule has 3 heterocycles. The van der Waals surface area contributed by atoms with E-state index in [2.05, 4.69) is 20.9 Å². The van der Waals surface area contributed by atoms with Crippen LogP contribution in [0, 0.1) is 0 Å². The normalized spacial score (nSPS) is 12.9. The monoisotopic (exact) mass is 399 g/mol. The van der Waals surface area contributed by atoms with Crippen LogP contribution in [0.4, 0.5) is 5.82 Å². The van der Waals surface area contributed by atoms with Gasteiger partial charge in [0.1, 0.15) is 18.1 Å². The molecule has 0 radical (unpaired) electrons. The van der Waals surface area contributed by atoms with Gasteiger partial charge in [0.2, 0.25) is 11.8 Å². The minimum Gasteiger partial charge on any atom is -0.356 e. The molecule has 0 unspecified atom stereocenters. The zero-order chi connectivity index (χ0) is 19.5. The SMILES string of the molecule is CCCNC(=O)Cn1nc2c(c1NC(=O)Cc1noc3ccccc13)CSC2. The average Bonchev–Trinajstić information content (AvgIpc) is 3.38. The molecule has 2 aromatic heterocycles. The Labute approximate surface area is 166 Å². The highest BCUT2D eigenvalue weighted by molar-refractivity contribution is 7.98. The van der Waals surface area contributed by atoms with Crippen molar-refractivity contribution in [1.82, 2.24) is 20.3 Å². The van der Waals surface area contributed by atoms with Crippen LogP contribution in [-0.4, -0.2) is 33.3 Å². The molecule has 146 valence electrons. The van der Waals surface area contributed by atoms with Crippen LogP contribution >= 0.6 is 11.8 Å². The summed E-state index contributed by atoms with van der Waals surface area (Å²) in [5.41, 5.74) is 3.16. The molecule has 9 heteroatoms. The quantitative estimate of drug-likeness (QED) is 0.633. The summed E-state index contributed by atoms with van der Waals surface area (Å²) in [6, 6.07) is 7.44. The molecule has 0 spiro atoms. The van der Waals surface area contributed by atoms with Crippen LogP contribution in [-0.2, 0) is 34.1 Å². The molecule has 1 aromatic carbocycles. The van der Waals surface area contributed by atoms with Crippen molar-refractivity contribution in [3.63, 3.8) is 0 Å². The van der Waals surface area contributed by atoms with E-state index < -0.39 is 0 Å². The van der Waals surface area contributed by atoms with E-state index in [-0.39, 0.29) is 24.8 Å². The van der Waals surface area contributed by atoms with Crippen molar-refractivity contribution in [3.8, 4) is 0 Å². The summed E-state index contributed by atoms with van der Waals surface area (Å²) in [4.78, 5) is 24.8. The van der Waals surface area contributed by atoms with Gasteiger partial charge >= 0.3 is 0 Å². The Morgan fingerprint density at radius 2 is 2.11 bits per heavy atom. The number of fused-ring (bicyclic) bond motifs is 2. The van der Waals surface area contributed by atoms with Gasteiger partial charge in [0.25, 0.3) is 0 Å². The van der Waals surface area contributed by atoms with Gasteiger partial charge in [0, 0.05) is 29.0 Å². The van der Waals surface area contributed by atoms with Crippen molar-refractivity contribution >= 4 is 40.4 Å². The number of carbonyl (C=O) groups excluding carboxylic acids is 2. The highest BCUT2D eigenvalue weighted by atomic mass is 32.2. The molecule has 2 amide bonds. The lowest BCUT2D eigenvalue weighted by molar-refractivity contribution is -0.122. The lowest BCUT2D eigenvalue weighted by Gasteiger charge is -2.11.